The number of ether oxygens (including phenoxy) is 1. The van der Waals surface area contributed by atoms with E-state index in [9.17, 15) is 4.79 Å². The highest BCUT2D eigenvalue weighted by molar-refractivity contribution is 7.80. The molecular formula is C17H24N2O2S. The summed E-state index contributed by atoms with van der Waals surface area (Å²) in [6, 6.07) is 7.91. The van der Waals surface area contributed by atoms with Crippen LogP contribution in [-0.4, -0.2) is 35.5 Å². The first-order chi connectivity index (χ1) is 10.5. The zero-order valence-electron chi connectivity index (χ0n) is 13.2. The number of nitrogens with zero attached hydrogens (tertiary/aromatic N) is 1. The van der Waals surface area contributed by atoms with Crippen molar-refractivity contribution in [2.24, 2.45) is 17.6 Å². The molecule has 4 nitrogen and oxygen atoms in total. The molecule has 0 spiro atoms. The summed E-state index contributed by atoms with van der Waals surface area (Å²) >= 11 is 5.56. The number of amides is 1. The van der Waals surface area contributed by atoms with Crippen molar-refractivity contribution >= 4 is 23.1 Å². The number of carbonyl (C=O) groups is 1. The summed E-state index contributed by atoms with van der Waals surface area (Å²) in [5.41, 5.74) is 6.38. The molecule has 0 radical (unpaired) electrons. The molecule has 2 rings (SSSR count). The van der Waals surface area contributed by atoms with Gasteiger partial charge in [0, 0.05) is 24.6 Å². The Morgan fingerprint density at radius 1 is 1.32 bits per heavy atom. The van der Waals surface area contributed by atoms with E-state index in [4.69, 9.17) is 22.7 Å². The molecule has 2 N–H and O–H groups in total. The van der Waals surface area contributed by atoms with Crippen LogP contribution in [-0.2, 0) is 4.79 Å². The van der Waals surface area contributed by atoms with Crippen molar-refractivity contribution in [1.29, 1.82) is 0 Å². The first kappa shape index (κ1) is 16.7. The summed E-state index contributed by atoms with van der Waals surface area (Å²) in [5.74, 6) is 1.17. The Kier molecular flexibility index (Phi) is 5.77. The standard InChI is InChI=1S/C17H24N2O2S/c1-12(2)11-21-15-5-3-14(4-6-15)17(22)19-9-7-13(8-10-19)16(18)20/h3-6,12-13H,7-11H2,1-2H3,(H2,18,20). The summed E-state index contributed by atoms with van der Waals surface area (Å²) in [5, 5.41) is 0. The Balaban J connectivity index is 1.91. The van der Waals surface area contributed by atoms with Gasteiger partial charge in [-0.3, -0.25) is 4.79 Å². The molecule has 1 heterocycles. The lowest BCUT2D eigenvalue weighted by molar-refractivity contribution is -0.122. The van der Waals surface area contributed by atoms with E-state index in [0.29, 0.717) is 12.5 Å². The Morgan fingerprint density at radius 3 is 2.41 bits per heavy atom. The van der Waals surface area contributed by atoms with Crippen LogP contribution in [0.5, 0.6) is 5.75 Å². The maximum atomic E-state index is 11.2. The minimum absolute atomic E-state index is 0.00846. The Hall–Kier alpha value is -1.62. The zero-order valence-corrected chi connectivity index (χ0v) is 14.1. The summed E-state index contributed by atoms with van der Waals surface area (Å²) in [7, 11) is 0. The van der Waals surface area contributed by atoms with Crippen molar-refractivity contribution in [2.45, 2.75) is 26.7 Å². The highest BCUT2D eigenvalue weighted by Crippen LogP contribution is 2.20. The first-order valence-electron chi connectivity index (χ1n) is 7.79. The van der Waals surface area contributed by atoms with Gasteiger partial charge in [-0.1, -0.05) is 26.1 Å². The van der Waals surface area contributed by atoms with Crippen molar-refractivity contribution < 1.29 is 9.53 Å². The highest BCUT2D eigenvalue weighted by atomic mass is 32.1. The molecule has 0 bridgehead atoms. The maximum Gasteiger partial charge on any atom is 0.220 e. The number of thiocarbonyl (C=S) groups is 1. The van der Waals surface area contributed by atoms with Crippen LogP contribution in [0.2, 0.25) is 0 Å². The number of benzene rings is 1. The van der Waals surface area contributed by atoms with Gasteiger partial charge >= 0.3 is 0 Å². The van der Waals surface area contributed by atoms with Crippen LogP contribution in [0.15, 0.2) is 24.3 Å². The van der Waals surface area contributed by atoms with Crippen LogP contribution in [0.3, 0.4) is 0 Å². The van der Waals surface area contributed by atoms with Gasteiger partial charge in [-0.25, -0.2) is 0 Å². The topological polar surface area (TPSA) is 55.6 Å². The molecule has 1 aromatic carbocycles. The summed E-state index contributed by atoms with van der Waals surface area (Å²) in [4.78, 5) is 14.2. The van der Waals surface area contributed by atoms with Crippen LogP contribution in [0.1, 0.15) is 32.3 Å². The molecule has 0 aliphatic carbocycles. The number of rotatable bonds is 5. The summed E-state index contributed by atoms with van der Waals surface area (Å²) in [6.07, 6.45) is 1.57. The highest BCUT2D eigenvalue weighted by Gasteiger charge is 2.24. The van der Waals surface area contributed by atoms with Crippen LogP contribution in [0, 0.1) is 11.8 Å². The van der Waals surface area contributed by atoms with Gasteiger partial charge in [0.25, 0.3) is 0 Å². The third-order valence-electron chi connectivity index (χ3n) is 3.87. The second-order valence-corrected chi connectivity index (χ2v) is 6.58. The molecule has 120 valence electrons. The predicted molar refractivity (Wildman–Crippen MR) is 92.0 cm³/mol. The van der Waals surface area contributed by atoms with Crippen molar-refractivity contribution in [2.75, 3.05) is 19.7 Å². The molecule has 22 heavy (non-hydrogen) atoms. The largest absolute Gasteiger partial charge is 0.493 e. The third-order valence-corrected chi connectivity index (χ3v) is 4.36. The molecule has 0 aromatic heterocycles. The number of carbonyl (C=O) groups excluding carboxylic acids is 1. The molecule has 5 heteroatoms. The summed E-state index contributed by atoms with van der Waals surface area (Å²) < 4.78 is 5.68. The van der Waals surface area contributed by atoms with Gasteiger partial charge in [0.05, 0.1) is 6.61 Å². The van der Waals surface area contributed by atoms with Gasteiger partial charge in [-0.05, 0) is 43.0 Å². The fraction of sp³-hybridized carbons (Fsp3) is 0.529. The van der Waals surface area contributed by atoms with E-state index < -0.39 is 0 Å². The smallest absolute Gasteiger partial charge is 0.220 e. The second-order valence-electron chi connectivity index (χ2n) is 6.20. The Bertz CT molecular complexity index is 520. The molecule has 0 saturated carbocycles. The van der Waals surface area contributed by atoms with Crippen LogP contribution >= 0.6 is 12.2 Å². The molecule has 1 fully saturated rings. The lowest BCUT2D eigenvalue weighted by Crippen LogP contribution is -2.41. The number of piperidine rings is 1. The summed E-state index contributed by atoms with van der Waals surface area (Å²) in [6.45, 7) is 6.54. The lowest BCUT2D eigenvalue weighted by Gasteiger charge is -2.32. The Labute approximate surface area is 137 Å². The van der Waals surface area contributed by atoms with E-state index in [1.54, 1.807) is 0 Å². The quantitative estimate of drug-likeness (QED) is 0.847. The predicted octanol–water partition coefficient (Wildman–Crippen LogP) is 2.59. The van der Waals surface area contributed by atoms with Gasteiger partial charge in [0.2, 0.25) is 5.91 Å². The number of primary amides is 1. The number of hydrogen-bond acceptors (Lipinski definition) is 3. The molecule has 1 aliphatic rings. The molecule has 1 saturated heterocycles. The van der Waals surface area contributed by atoms with Crippen molar-refractivity contribution in [3.8, 4) is 5.75 Å². The van der Waals surface area contributed by atoms with Gasteiger partial charge in [-0.2, -0.15) is 0 Å². The molecule has 0 unspecified atom stereocenters. The van der Waals surface area contributed by atoms with E-state index in [2.05, 4.69) is 18.7 Å². The van der Waals surface area contributed by atoms with Gasteiger partial charge in [0.1, 0.15) is 10.7 Å². The second kappa shape index (κ2) is 7.58. The maximum absolute atomic E-state index is 11.2. The number of hydrogen-bond donors (Lipinski definition) is 1. The normalized spacial score (nSPS) is 15.9. The van der Waals surface area contributed by atoms with E-state index in [-0.39, 0.29) is 11.8 Å². The Morgan fingerprint density at radius 2 is 1.91 bits per heavy atom. The van der Waals surface area contributed by atoms with Crippen LogP contribution in [0.25, 0.3) is 0 Å². The van der Waals surface area contributed by atoms with Gasteiger partial charge < -0.3 is 15.4 Å². The first-order valence-corrected chi connectivity index (χ1v) is 8.19. The fourth-order valence-corrected chi connectivity index (χ4v) is 2.82. The third kappa shape index (κ3) is 4.44. The van der Waals surface area contributed by atoms with E-state index >= 15 is 0 Å². The molecule has 1 amide bonds. The molecular weight excluding hydrogens is 296 g/mol. The molecule has 0 atom stereocenters. The minimum Gasteiger partial charge on any atom is -0.493 e. The van der Waals surface area contributed by atoms with Gasteiger partial charge in [0.15, 0.2) is 0 Å². The zero-order chi connectivity index (χ0) is 16.1. The van der Waals surface area contributed by atoms with E-state index in [1.807, 2.05) is 24.3 Å². The average molecular weight is 320 g/mol. The fourth-order valence-electron chi connectivity index (χ4n) is 2.51. The van der Waals surface area contributed by atoms with Crippen molar-refractivity contribution in [3.05, 3.63) is 29.8 Å². The van der Waals surface area contributed by atoms with E-state index in [1.165, 1.54) is 0 Å². The van der Waals surface area contributed by atoms with E-state index in [0.717, 1.165) is 42.2 Å². The van der Waals surface area contributed by atoms with Crippen molar-refractivity contribution in [1.82, 2.24) is 4.90 Å². The van der Waals surface area contributed by atoms with Crippen LogP contribution in [0.4, 0.5) is 0 Å². The van der Waals surface area contributed by atoms with Gasteiger partial charge in [-0.15, -0.1) is 0 Å². The minimum atomic E-state index is -0.197. The van der Waals surface area contributed by atoms with Crippen molar-refractivity contribution in [3.63, 3.8) is 0 Å². The average Bonchev–Trinajstić information content (AvgIpc) is 2.53. The molecule has 1 aromatic rings. The number of nitrogens with two attached hydrogens (primary N) is 1. The molecule has 1 aliphatic heterocycles. The van der Waals surface area contributed by atoms with Crippen LogP contribution < -0.4 is 10.5 Å². The SMILES string of the molecule is CC(C)COc1ccc(C(=S)N2CCC(C(N)=O)CC2)cc1. The number of likely N-dealkylation sites (tertiary alicyclic amines) is 1. The lowest BCUT2D eigenvalue weighted by atomic mass is 9.96. The monoisotopic (exact) mass is 320 g/mol.